The summed E-state index contributed by atoms with van der Waals surface area (Å²) in [5, 5.41) is 0. The molecule has 0 heterocycles. The number of ketones is 2. The van der Waals surface area contributed by atoms with E-state index in [-0.39, 0.29) is 11.6 Å². The Balaban J connectivity index is 2.41. The van der Waals surface area contributed by atoms with Crippen LogP contribution in [0, 0.1) is 27.7 Å². The Kier molecular flexibility index (Phi) is 2.65. The monoisotopic (exact) mass is 264 g/mol. The normalized spacial score (nSPS) is 13.2. The topological polar surface area (TPSA) is 34.1 Å². The highest BCUT2D eigenvalue weighted by Gasteiger charge is 2.32. The quantitative estimate of drug-likeness (QED) is 0.620. The van der Waals surface area contributed by atoms with E-state index in [9.17, 15) is 9.59 Å². The van der Waals surface area contributed by atoms with Crippen molar-refractivity contribution in [1.82, 2.24) is 0 Å². The summed E-state index contributed by atoms with van der Waals surface area (Å²) in [4.78, 5) is 25.5. The number of hydrogen-bond donors (Lipinski definition) is 0. The van der Waals surface area contributed by atoms with Gasteiger partial charge in [0.1, 0.15) is 0 Å². The van der Waals surface area contributed by atoms with Gasteiger partial charge in [-0.15, -0.1) is 0 Å². The summed E-state index contributed by atoms with van der Waals surface area (Å²) in [5.74, 6) is -0.0576. The van der Waals surface area contributed by atoms with E-state index in [1.54, 1.807) is 6.07 Å². The van der Waals surface area contributed by atoms with E-state index < -0.39 is 0 Å². The van der Waals surface area contributed by atoms with Crippen LogP contribution in [-0.2, 0) is 0 Å². The first-order valence-corrected chi connectivity index (χ1v) is 6.72. The fraction of sp³-hybridized carbons (Fsp3) is 0.222. The van der Waals surface area contributed by atoms with Crippen LogP contribution in [0.25, 0.3) is 0 Å². The number of fused-ring (bicyclic) bond motifs is 2. The molecule has 0 bridgehead atoms. The fourth-order valence-electron chi connectivity index (χ4n) is 2.98. The van der Waals surface area contributed by atoms with Crippen LogP contribution in [0.5, 0.6) is 0 Å². The van der Waals surface area contributed by atoms with E-state index in [4.69, 9.17) is 0 Å². The Morgan fingerprint density at radius 2 is 1.35 bits per heavy atom. The van der Waals surface area contributed by atoms with Gasteiger partial charge in [-0.05, 0) is 50.5 Å². The molecule has 0 amide bonds. The van der Waals surface area contributed by atoms with Gasteiger partial charge in [0.05, 0.1) is 0 Å². The molecule has 2 heteroatoms. The van der Waals surface area contributed by atoms with Crippen LogP contribution in [0.2, 0.25) is 0 Å². The highest BCUT2D eigenvalue weighted by Crippen LogP contribution is 2.33. The largest absolute Gasteiger partial charge is 0.289 e. The van der Waals surface area contributed by atoms with Crippen molar-refractivity contribution in [2.24, 2.45) is 0 Å². The SMILES string of the molecule is Cc1ccc2c(c1)C(=O)c1c(C)c(C)cc(C)c1C2=O. The Morgan fingerprint density at radius 3 is 2.05 bits per heavy atom. The molecule has 1 aliphatic rings. The molecule has 0 N–H and O–H groups in total. The number of aryl methyl sites for hydroxylation is 3. The van der Waals surface area contributed by atoms with E-state index >= 15 is 0 Å². The zero-order valence-electron chi connectivity index (χ0n) is 12.1. The minimum atomic E-state index is -0.0322. The fourth-order valence-corrected chi connectivity index (χ4v) is 2.98. The smallest absolute Gasteiger partial charge is 0.194 e. The average molecular weight is 264 g/mol. The lowest BCUT2D eigenvalue weighted by molar-refractivity contribution is 0.0978. The molecule has 0 atom stereocenters. The summed E-state index contributed by atoms with van der Waals surface area (Å²) in [6, 6.07) is 7.45. The van der Waals surface area contributed by atoms with Crippen molar-refractivity contribution < 1.29 is 9.59 Å². The Morgan fingerprint density at radius 1 is 0.700 bits per heavy atom. The number of hydrogen-bond acceptors (Lipinski definition) is 2. The Hall–Kier alpha value is -2.22. The summed E-state index contributed by atoms with van der Waals surface area (Å²) in [6.45, 7) is 7.73. The van der Waals surface area contributed by atoms with E-state index in [0.29, 0.717) is 22.3 Å². The molecule has 2 aromatic rings. The van der Waals surface area contributed by atoms with Crippen molar-refractivity contribution in [3.8, 4) is 0 Å². The maximum absolute atomic E-state index is 12.8. The zero-order chi connectivity index (χ0) is 14.6. The zero-order valence-corrected chi connectivity index (χ0v) is 12.1. The molecular weight excluding hydrogens is 248 g/mol. The maximum Gasteiger partial charge on any atom is 0.194 e. The predicted octanol–water partition coefficient (Wildman–Crippen LogP) is 3.70. The van der Waals surface area contributed by atoms with E-state index in [2.05, 4.69) is 0 Å². The average Bonchev–Trinajstić information content (AvgIpc) is 2.40. The first-order chi connectivity index (χ1) is 9.41. The van der Waals surface area contributed by atoms with E-state index in [1.165, 1.54) is 0 Å². The Bertz CT molecular complexity index is 782. The lowest BCUT2D eigenvalue weighted by Crippen LogP contribution is -2.23. The summed E-state index contributed by atoms with van der Waals surface area (Å²) in [7, 11) is 0. The second kappa shape index (κ2) is 4.14. The second-order valence-electron chi connectivity index (χ2n) is 5.59. The second-order valence-corrected chi connectivity index (χ2v) is 5.59. The van der Waals surface area contributed by atoms with Crippen LogP contribution < -0.4 is 0 Å². The van der Waals surface area contributed by atoms with Crippen molar-refractivity contribution in [3.05, 3.63) is 68.8 Å². The third kappa shape index (κ3) is 1.58. The molecule has 100 valence electrons. The van der Waals surface area contributed by atoms with Crippen LogP contribution in [-0.4, -0.2) is 11.6 Å². The lowest BCUT2D eigenvalue weighted by Gasteiger charge is -2.22. The number of carbonyl (C=O) groups is 2. The molecule has 20 heavy (non-hydrogen) atoms. The molecule has 3 rings (SSSR count). The van der Waals surface area contributed by atoms with Crippen molar-refractivity contribution in [1.29, 1.82) is 0 Å². The highest BCUT2D eigenvalue weighted by molar-refractivity contribution is 6.29. The molecule has 0 aliphatic heterocycles. The van der Waals surface area contributed by atoms with Gasteiger partial charge in [0, 0.05) is 22.3 Å². The highest BCUT2D eigenvalue weighted by atomic mass is 16.1. The van der Waals surface area contributed by atoms with Crippen LogP contribution in [0.15, 0.2) is 24.3 Å². The van der Waals surface area contributed by atoms with E-state index in [1.807, 2.05) is 45.9 Å². The van der Waals surface area contributed by atoms with Gasteiger partial charge in [-0.2, -0.15) is 0 Å². The van der Waals surface area contributed by atoms with Gasteiger partial charge in [0.25, 0.3) is 0 Å². The standard InChI is InChI=1S/C18H16O2/c1-9-5-6-13-14(7-9)18(20)16-12(4)10(2)8-11(3)15(16)17(13)19/h5-8H,1-4H3. The summed E-state index contributed by atoms with van der Waals surface area (Å²) >= 11 is 0. The minimum absolute atomic E-state index is 0.0254. The minimum Gasteiger partial charge on any atom is -0.289 e. The first kappa shape index (κ1) is 12.8. The van der Waals surface area contributed by atoms with E-state index in [0.717, 1.165) is 22.3 Å². The lowest BCUT2D eigenvalue weighted by atomic mass is 9.78. The summed E-state index contributed by atoms with van der Waals surface area (Å²) < 4.78 is 0. The van der Waals surface area contributed by atoms with Crippen molar-refractivity contribution in [2.75, 3.05) is 0 Å². The Labute approximate surface area is 118 Å². The molecule has 2 nitrogen and oxygen atoms in total. The molecule has 0 aromatic heterocycles. The van der Waals surface area contributed by atoms with Gasteiger partial charge in [-0.3, -0.25) is 9.59 Å². The van der Waals surface area contributed by atoms with Crippen LogP contribution in [0.3, 0.4) is 0 Å². The molecule has 0 radical (unpaired) electrons. The third-order valence-corrected chi connectivity index (χ3v) is 4.16. The summed E-state index contributed by atoms with van der Waals surface area (Å²) in [6.07, 6.45) is 0. The van der Waals surface area contributed by atoms with Gasteiger partial charge in [0.2, 0.25) is 0 Å². The molecule has 0 saturated heterocycles. The third-order valence-electron chi connectivity index (χ3n) is 4.16. The molecule has 0 unspecified atom stereocenters. The first-order valence-electron chi connectivity index (χ1n) is 6.72. The number of benzene rings is 2. The number of rotatable bonds is 0. The van der Waals surface area contributed by atoms with Crippen molar-refractivity contribution in [3.63, 3.8) is 0 Å². The van der Waals surface area contributed by atoms with Crippen LogP contribution in [0.1, 0.15) is 54.1 Å². The maximum atomic E-state index is 12.8. The van der Waals surface area contributed by atoms with Crippen molar-refractivity contribution in [2.45, 2.75) is 27.7 Å². The van der Waals surface area contributed by atoms with Crippen LogP contribution >= 0.6 is 0 Å². The molecule has 0 spiro atoms. The molecule has 0 saturated carbocycles. The molecule has 2 aromatic carbocycles. The van der Waals surface area contributed by atoms with Gasteiger partial charge < -0.3 is 0 Å². The number of carbonyl (C=O) groups excluding carboxylic acids is 2. The molecule has 1 aliphatic carbocycles. The van der Waals surface area contributed by atoms with Gasteiger partial charge in [-0.25, -0.2) is 0 Å². The van der Waals surface area contributed by atoms with Gasteiger partial charge in [-0.1, -0.05) is 23.8 Å². The van der Waals surface area contributed by atoms with Gasteiger partial charge >= 0.3 is 0 Å². The van der Waals surface area contributed by atoms with Crippen LogP contribution in [0.4, 0.5) is 0 Å². The van der Waals surface area contributed by atoms with Gasteiger partial charge in [0.15, 0.2) is 11.6 Å². The summed E-state index contributed by atoms with van der Waals surface area (Å²) in [5.41, 5.74) is 6.08. The molecule has 0 fully saturated rings. The molecular formula is C18H16O2. The van der Waals surface area contributed by atoms with Crippen molar-refractivity contribution >= 4 is 11.6 Å². The predicted molar refractivity (Wildman–Crippen MR) is 78.7 cm³/mol.